The van der Waals surface area contributed by atoms with Crippen molar-refractivity contribution < 1.29 is 4.79 Å². The summed E-state index contributed by atoms with van der Waals surface area (Å²) < 4.78 is 0. The van der Waals surface area contributed by atoms with Crippen LogP contribution in [0.15, 0.2) is 30.3 Å². The van der Waals surface area contributed by atoms with Crippen molar-refractivity contribution in [2.45, 2.75) is 64.0 Å². The third-order valence-corrected chi connectivity index (χ3v) is 7.91. The van der Waals surface area contributed by atoms with Gasteiger partial charge in [-0.1, -0.05) is 36.8 Å². The Bertz CT molecular complexity index is 834. The lowest BCUT2D eigenvalue weighted by Gasteiger charge is -2.51. The van der Waals surface area contributed by atoms with Crippen molar-refractivity contribution in [3.05, 3.63) is 51.5 Å². The molecule has 0 aliphatic carbocycles. The van der Waals surface area contributed by atoms with E-state index < -0.39 is 0 Å². The topological polar surface area (TPSA) is 36.4 Å². The molecule has 28 heavy (non-hydrogen) atoms. The number of carbonyl (C=O) groups excluding carboxylic acids is 1. The van der Waals surface area contributed by atoms with Gasteiger partial charge in [0.15, 0.2) is 0 Å². The van der Waals surface area contributed by atoms with Gasteiger partial charge in [0.05, 0.1) is 16.7 Å². The predicted octanol–water partition coefficient (Wildman–Crippen LogP) is 4.52. The van der Waals surface area contributed by atoms with E-state index in [-0.39, 0.29) is 11.4 Å². The Morgan fingerprint density at radius 3 is 2.79 bits per heavy atom. The second kappa shape index (κ2) is 7.96. The number of nitrogens with zero attached hydrogens (tertiary/aromatic N) is 3. The predicted molar refractivity (Wildman–Crippen MR) is 115 cm³/mol. The summed E-state index contributed by atoms with van der Waals surface area (Å²) in [4.78, 5) is 23.8. The quantitative estimate of drug-likeness (QED) is 0.764. The number of aromatic nitrogens is 1. The van der Waals surface area contributed by atoms with Crippen LogP contribution in [-0.4, -0.2) is 52.4 Å². The van der Waals surface area contributed by atoms with Gasteiger partial charge in [-0.25, -0.2) is 4.98 Å². The molecule has 0 unspecified atom stereocenters. The average Bonchev–Trinajstić information content (AvgIpc) is 2.98. The number of likely N-dealkylation sites (tertiary alicyclic amines) is 2. The number of piperidine rings is 1. The lowest BCUT2D eigenvalue weighted by atomic mass is 9.80. The molecule has 1 amide bonds. The summed E-state index contributed by atoms with van der Waals surface area (Å²) in [5, 5.41) is 1.03. The van der Waals surface area contributed by atoms with E-state index in [1.165, 1.54) is 24.8 Å². The van der Waals surface area contributed by atoms with Crippen LogP contribution in [0.1, 0.15) is 65.0 Å². The highest BCUT2D eigenvalue weighted by Crippen LogP contribution is 2.38. The van der Waals surface area contributed by atoms with Gasteiger partial charge in [-0.05, 0) is 58.7 Å². The Labute approximate surface area is 172 Å². The fraction of sp³-hybridized carbons (Fsp3) is 0.565. The van der Waals surface area contributed by atoms with E-state index in [0.717, 1.165) is 47.9 Å². The first-order valence-corrected chi connectivity index (χ1v) is 11.3. The Balaban J connectivity index is 1.58. The minimum Gasteiger partial charge on any atom is -0.333 e. The fourth-order valence-corrected chi connectivity index (χ4v) is 6.04. The van der Waals surface area contributed by atoms with Crippen molar-refractivity contribution in [2.24, 2.45) is 0 Å². The van der Waals surface area contributed by atoms with Crippen molar-refractivity contribution in [1.29, 1.82) is 0 Å². The summed E-state index contributed by atoms with van der Waals surface area (Å²) in [6.07, 6.45) is 6.60. The molecule has 2 saturated heterocycles. The number of aryl methyl sites for hydroxylation is 1. The van der Waals surface area contributed by atoms with Gasteiger partial charge in [-0.3, -0.25) is 9.69 Å². The van der Waals surface area contributed by atoms with Crippen LogP contribution in [0.3, 0.4) is 0 Å². The van der Waals surface area contributed by atoms with Crippen LogP contribution in [0.4, 0.5) is 0 Å². The Morgan fingerprint density at radius 2 is 2.00 bits per heavy atom. The van der Waals surface area contributed by atoms with E-state index in [1.807, 2.05) is 13.0 Å². The maximum Gasteiger partial charge on any atom is 0.266 e. The maximum atomic E-state index is 13.6. The van der Waals surface area contributed by atoms with Crippen molar-refractivity contribution in [3.63, 3.8) is 0 Å². The fourth-order valence-electron chi connectivity index (χ4n) is 4.99. The number of hydrogen-bond acceptors (Lipinski definition) is 4. The van der Waals surface area contributed by atoms with Gasteiger partial charge in [0.2, 0.25) is 0 Å². The highest BCUT2D eigenvalue weighted by Gasteiger charge is 2.46. The molecule has 5 heteroatoms. The average molecular weight is 398 g/mol. The summed E-state index contributed by atoms with van der Waals surface area (Å²) in [6.45, 7) is 6.36. The van der Waals surface area contributed by atoms with Crippen LogP contribution < -0.4 is 0 Å². The first-order valence-electron chi connectivity index (χ1n) is 10.5. The molecule has 1 aromatic carbocycles. The van der Waals surface area contributed by atoms with Gasteiger partial charge >= 0.3 is 0 Å². The molecule has 0 spiro atoms. The van der Waals surface area contributed by atoms with Crippen LogP contribution in [0, 0.1) is 6.92 Å². The molecule has 2 aliphatic rings. The summed E-state index contributed by atoms with van der Waals surface area (Å²) in [5.74, 6) is 0.195. The third kappa shape index (κ3) is 3.62. The van der Waals surface area contributed by atoms with Crippen LogP contribution >= 0.6 is 11.3 Å². The molecule has 2 fully saturated rings. The zero-order valence-corrected chi connectivity index (χ0v) is 18.1. The number of amides is 1. The van der Waals surface area contributed by atoms with Crippen molar-refractivity contribution >= 4 is 17.2 Å². The van der Waals surface area contributed by atoms with Crippen molar-refractivity contribution in [1.82, 2.24) is 14.8 Å². The second-order valence-corrected chi connectivity index (χ2v) is 9.66. The van der Waals surface area contributed by atoms with E-state index in [1.54, 1.807) is 11.3 Å². The molecule has 3 heterocycles. The Morgan fingerprint density at radius 1 is 1.21 bits per heavy atom. The largest absolute Gasteiger partial charge is 0.333 e. The molecule has 150 valence electrons. The number of rotatable bonds is 3. The lowest BCUT2D eigenvalue weighted by Crippen LogP contribution is -2.63. The number of benzene rings is 1. The standard InChI is InChI=1S/C23H31N3OS/c1-17-21(28-20(24-17)16-18-10-5-4-6-11-18)22(27)26-15-9-13-23(2)19(26)12-7-8-14-25(23)3/h4-6,10-11,19H,7-9,12-16H2,1-3H3/t19-,23-/m0/s1. The normalized spacial score (nSPS) is 26.0. The number of likely N-dealkylation sites (N-methyl/N-ethyl adjacent to an activating group) is 1. The smallest absolute Gasteiger partial charge is 0.266 e. The Kier molecular flexibility index (Phi) is 5.57. The van der Waals surface area contributed by atoms with Crippen molar-refractivity contribution in [3.8, 4) is 0 Å². The molecule has 0 radical (unpaired) electrons. The molecular weight excluding hydrogens is 366 g/mol. The van der Waals surface area contributed by atoms with E-state index >= 15 is 0 Å². The number of carbonyl (C=O) groups is 1. The zero-order chi connectivity index (χ0) is 19.7. The highest BCUT2D eigenvalue weighted by atomic mass is 32.1. The van der Waals surface area contributed by atoms with E-state index in [4.69, 9.17) is 4.98 Å². The van der Waals surface area contributed by atoms with Gasteiger partial charge in [-0.15, -0.1) is 11.3 Å². The van der Waals surface area contributed by atoms with Gasteiger partial charge in [0.25, 0.3) is 5.91 Å². The van der Waals surface area contributed by atoms with E-state index in [9.17, 15) is 4.79 Å². The third-order valence-electron chi connectivity index (χ3n) is 6.76. The molecule has 0 bridgehead atoms. The summed E-state index contributed by atoms with van der Waals surface area (Å²) in [7, 11) is 2.24. The molecule has 2 atom stereocenters. The van der Waals surface area contributed by atoms with Gasteiger partial charge < -0.3 is 4.90 Å². The number of thiazole rings is 1. The maximum absolute atomic E-state index is 13.6. The molecule has 0 N–H and O–H groups in total. The van der Waals surface area contributed by atoms with Crippen LogP contribution in [0.2, 0.25) is 0 Å². The van der Waals surface area contributed by atoms with Crippen molar-refractivity contribution in [2.75, 3.05) is 20.1 Å². The molecular formula is C23H31N3OS. The SMILES string of the molecule is Cc1nc(Cc2ccccc2)sc1C(=O)N1CCC[C@@]2(C)[C@@H]1CCCCN2C. The molecule has 1 aromatic heterocycles. The zero-order valence-electron chi connectivity index (χ0n) is 17.3. The minimum atomic E-state index is 0.0931. The molecule has 2 aromatic rings. The molecule has 4 nitrogen and oxygen atoms in total. The summed E-state index contributed by atoms with van der Waals surface area (Å²) in [6, 6.07) is 10.7. The lowest BCUT2D eigenvalue weighted by molar-refractivity contribution is -0.00315. The molecule has 4 rings (SSSR count). The highest BCUT2D eigenvalue weighted by molar-refractivity contribution is 7.13. The van der Waals surface area contributed by atoms with E-state index in [2.05, 4.69) is 48.0 Å². The number of hydrogen-bond donors (Lipinski definition) is 0. The van der Waals surface area contributed by atoms with Gasteiger partial charge in [0.1, 0.15) is 4.88 Å². The minimum absolute atomic E-state index is 0.0931. The summed E-state index contributed by atoms with van der Waals surface area (Å²) in [5.41, 5.74) is 2.22. The molecule has 0 saturated carbocycles. The second-order valence-electron chi connectivity index (χ2n) is 8.58. The molecule has 2 aliphatic heterocycles. The van der Waals surface area contributed by atoms with Crippen LogP contribution in [0.25, 0.3) is 0 Å². The number of fused-ring (bicyclic) bond motifs is 1. The Hall–Kier alpha value is -1.72. The first kappa shape index (κ1) is 19.6. The van der Waals surface area contributed by atoms with Crippen LogP contribution in [0.5, 0.6) is 0 Å². The van der Waals surface area contributed by atoms with Crippen LogP contribution in [-0.2, 0) is 6.42 Å². The van der Waals surface area contributed by atoms with E-state index in [0.29, 0.717) is 6.04 Å². The monoisotopic (exact) mass is 397 g/mol. The van der Waals surface area contributed by atoms with Gasteiger partial charge in [-0.2, -0.15) is 0 Å². The first-order chi connectivity index (χ1) is 13.5. The van der Waals surface area contributed by atoms with Gasteiger partial charge in [0, 0.05) is 18.5 Å². The summed E-state index contributed by atoms with van der Waals surface area (Å²) >= 11 is 1.58.